The van der Waals surface area contributed by atoms with E-state index in [2.05, 4.69) is 36.9 Å². The first-order valence-corrected chi connectivity index (χ1v) is 34.3. The second-order valence-corrected chi connectivity index (χ2v) is 26.4. The van der Waals surface area contributed by atoms with Crippen LogP contribution in [0.4, 0.5) is 0 Å². The summed E-state index contributed by atoms with van der Waals surface area (Å²) in [7, 11) is -3.27. The summed E-state index contributed by atoms with van der Waals surface area (Å²) in [5.74, 6) is -3.57. The number of hydrogen-bond acceptors (Lipinski definition) is 25. The summed E-state index contributed by atoms with van der Waals surface area (Å²) < 4.78 is 71.3. The number of amides is 4. The van der Waals surface area contributed by atoms with Crippen molar-refractivity contribution >= 4 is 57.3 Å². The fourth-order valence-corrected chi connectivity index (χ4v) is 12.0. The van der Waals surface area contributed by atoms with Crippen molar-refractivity contribution in [2.24, 2.45) is 22.4 Å². The molecule has 11 atom stereocenters. The molecule has 0 spiro atoms. The minimum atomic E-state index is -5.15. The van der Waals surface area contributed by atoms with Gasteiger partial charge < -0.3 is 78.3 Å². The molecule has 2 aromatic carbocycles. The molecule has 2 fully saturated rings. The number of terminal acetylenes is 1. The van der Waals surface area contributed by atoms with Gasteiger partial charge in [-0.3, -0.25) is 38.5 Å². The molecule has 0 radical (unpaired) electrons. The molecule has 3 heterocycles. The number of hydroxylamine groups is 2. The molecule has 33 heteroatoms. The number of carboxylic acids is 1. The Labute approximate surface area is 569 Å². The van der Waals surface area contributed by atoms with E-state index < -0.39 is 125 Å². The average molecular weight is 1400 g/mol. The van der Waals surface area contributed by atoms with Crippen molar-refractivity contribution in [3.8, 4) is 29.6 Å². The van der Waals surface area contributed by atoms with Gasteiger partial charge in [-0.2, -0.15) is 0 Å². The number of aromatic nitrogens is 1. The van der Waals surface area contributed by atoms with Gasteiger partial charge in [0.15, 0.2) is 17.6 Å². The highest BCUT2D eigenvalue weighted by Crippen LogP contribution is 2.36. The molecule has 0 aliphatic carbocycles. The number of likely N-dealkylation sites (tertiary alicyclic amines) is 1. The number of piperidine rings is 1. The lowest BCUT2D eigenvalue weighted by Crippen LogP contribution is -2.60. The Kier molecular flexibility index (Phi) is 33.1. The molecule has 538 valence electrons. The first-order chi connectivity index (χ1) is 46.1. The fraction of sp³-hybridized carbons (Fsp3) is 0.641. The number of thiazole rings is 1. The predicted octanol–water partition coefficient (Wildman–Crippen LogP) is 4.16. The number of nitrogens with one attached hydrogen (secondary N) is 3. The van der Waals surface area contributed by atoms with Gasteiger partial charge in [-0.15, -0.1) is 32.1 Å². The van der Waals surface area contributed by atoms with E-state index in [0.29, 0.717) is 31.2 Å². The summed E-state index contributed by atoms with van der Waals surface area (Å²) in [5, 5.41) is 66.3. The molecule has 3 aromatic rings. The number of aliphatic hydroxyl groups excluding tert-OH is 4. The minimum absolute atomic E-state index is 0.00483. The number of rotatable bonds is 42. The Morgan fingerprint density at radius 1 is 0.928 bits per heavy atom. The Bertz CT molecular complexity index is 3240. The summed E-state index contributed by atoms with van der Waals surface area (Å²) in [5.41, 5.74) is 7.13. The third kappa shape index (κ3) is 25.5. The van der Waals surface area contributed by atoms with E-state index in [9.17, 15) is 62.7 Å². The summed E-state index contributed by atoms with van der Waals surface area (Å²) in [6.07, 6.45) is -0.772. The number of aliphatic carboxylic acids is 1. The SMILES string of the molecule is C#CCCCON(C(=O)[C@@H](NC(=O)[C@H]1CCCCN1C)[C@@H](C)CC)[C@H](C[C@@H](OC(C)=O)c1nc(C(=O)N[C@@H](Cc2ccc(OS(=O)(=O)Oc3cc(C(=O)NCCOCCOCCOCCN=[N+]=[N-])ccc3O[C@@H]3O[C@H](CO)[C@H](O)[C@H](O)[C@H]3O)cc2)CC(C)(C)C(=O)O)cs1)C(C)C. The first-order valence-electron chi connectivity index (χ1n) is 32.1. The van der Waals surface area contributed by atoms with Gasteiger partial charge in [0.2, 0.25) is 12.2 Å². The number of aliphatic hydroxyl groups is 4. The van der Waals surface area contributed by atoms with Gasteiger partial charge in [-0.1, -0.05) is 57.8 Å². The van der Waals surface area contributed by atoms with Crippen LogP contribution in [0.3, 0.4) is 0 Å². The monoisotopic (exact) mass is 1400 g/mol. The van der Waals surface area contributed by atoms with Gasteiger partial charge in [-0.25, -0.2) is 10.0 Å². The highest BCUT2D eigenvalue weighted by Gasteiger charge is 2.46. The zero-order valence-corrected chi connectivity index (χ0v) is 57.6. The molecule has 4 amide bonds. The van der Waals surface area contributed by atoms with Crippen LogP contribution in [0.15, 0.2) is 53.0 Å². The number of carboxylic acid groups (broad SMARTS) is 1. The minimum Gasteiger partial charge on any atom is -0.481 e. The number of unbranched alkanes of at least 4 members (excludes halogenated alkanes) is 1. The molecular weight excluding hydrogens is 1310 g/mol. The molecule has 8 N–H and O–H groups in total. The maximum absolute atomic E-state index is 14.9. The molecule has 5 rings (SSSR count). The number of benzene rings is 2. The van der Waals surface area contributed by atoms with Crippen LogP contribution >= 0.6 is 11.3 Å². The van der Waals surface area contributed by atoms with Crippen molar-refractivity contribution in [2.45, 2.75) is 167 Å². The quantitative estimate of drug-likeness (QED) is 0.00750. The topological polar surface area (TPSA) is 425 Å². The van der Waals surface area contributed by atoms with Crippen LogP contribution in [0.5, 0.6) is 17.2 Å². The van der Waals surface area contributed by atoms with Crippen LogP contribution in [0.25, 0.3) is 10.4 Å². The number of nitrogens with zero attached hydrogens (tertiary/aromatic N) is 6. The molecule has 2 aliphatic rings. The van der Waals surface area contributed by atoms with E-state index in [1.807, 2.05) is 39.6 Å². The van der Waals surface area contributed by atoms with Gasteiger partial charge in [-0.05, 0) is 113 Å². The maximum atomic E-state index is 14.9. The van der Waals surface area contributed by atoms with Gasteiger partial charge in [0.25, 0.3) is 17.7 Å². The summed E-state index contributed by atoms with van der Waals surface area (Å²) >= 11 is 1.01. The van der Waals surface area contributed by atoms with Crippen LogP contribution in [-0.2, 0) is 64.5 Å². The predicted molar refractivity (Wildman–Crippen MR) is 350 cm³/mol. The van der Waals surface area contributed by atoms with E-state index in [4.69, 9.17) is 53.6 Å². The molecule has 1 aromatic heterocycles. The van der Waals surface area contributed by atoms with E-state index in [0.717, 1.165) is 42.9 Å². The van der Waals surface area contributed by atoms with E-state index in [1.165, 1.54) is 61.5 Å². The number of esters is 1. The molecule has 0 saturated carbocycles. The molecule has 0 bridgehead atoms. The Hall–Kier alpha value is -7.29. The van der Waals surface area contributed by atoms with Gasteiger partial charge in [0.05, 0.1) is 70.4 Å². The summed E-state index contributed by atoms with van der Waals surface area (Å²) in [6.45, 7) is 13.1. The number of azide groups is 1. The number of ether oxygens (including phenoxy) is 6. The molecule has 97 heavy (non-hydrogen) atoms. The van der Waals surface area contributed by atoms with Crippen LogP contribution in [0.2, 0.25) is 0 Å². The second kappa shape index (κ2) is 39.9. The number of carbonyl (C=O) groups is 6. The zero-order valence-electron chi connectivity index (χ0n) is 55.9. The van der Waals surface area contributed by atoms with Crippen molar-refractivity contribution in [3.63, 3.8) is 0 Å². The highest BCUT2D eigenvalue weighted by molar-refractivity contribution is 7.82. The lowest BCUT2D eigenvalue weighted by molar-refractivity contribution is -0.277. The third-order valence-corrected chi connectivity index (χ3v) is 17.8. The van der Waals surface area contributed by atoms with Crippen molar-refractivity contribution in [2.75, 3.05) is 79.5 Å². The molecular formula is C64H93N9O22S2. The lowest BCUT2D eigenvalue weighted by Gasteiger charge is -2.39. The standard InChI is InChI=1S/C64H93N9O22S2/c1-10-12-15-26-90-73(61(82)53(40(5)11-2)70-59(81)47-16-13-14-25-72(47)9)48(39(3)4)35-51(91-41(6)75)60-69-46(38-96-60)58(80)68-44(36-64(7,8)63(83)84)33-42-17-20-45(21-18-42)94-97(85,86)95-50-34-43(19-22-49(50)92-62-56(78)55(77)54(76)52(37-74)93-62)57(79)66-23-27-87-29-31-89-32-30-88-28-24-67-71-65/h1,17-22,34,38-40,44,47-48,51-56,62,74,76-78H,11-16,23-33,35-37H2,2-9H3,(H,66,79)(H,68,80)(H,70,81)(H,83,84)/t40-,44-,47+,48+,51+,52+,53-,54-,55-,56+,62+/m0/s1. The van der Waals surface area contributed by atoms with Crippen molar-refractivity contribution < 1.29 is 104 Å². The van der Waals surface area contributed by atoms with E-state index in [1.54, 1.807) is 0 Å². The largest absolute Gasteiger partial charge is 0.501 e. The van der Waals surface area contributed by atoms with Crippen LogP contribution in [0, 0.1) is 29.6 Å². The van der Waals surface area contributed by atoms with Crippen molar-refractivity contribution in [1.82, 2.24) is 30.9 Å². The van der Waals surface area contributed by atoms with Crippen LogP contribution < -0.4 is 29.1 Å². The lowest BCUT2D eigenvalue weighted by atomic mass is 9.84. The number of likely N-dealkylation sites (N-methyl/N-ethyl adjacent to an activating group) is 1. The van der Waals surface area contributed by atoms with Crippen molar-refractivity contribution in [1.29, 1.82) is 0 Å². The fourth-order valence-electron chi connectivity index (χ4n) is 10.4. The zero-order chi connectivity index (χ0) is 71.4. The van der Waals surface area contributed by atoms with Crippen LogP contribution in [0.1, 0.15) is 137 Å². The number of hydrogen-bond donors (Lipinski definition) is 8. The third-order valence-electron chi connectivity index (χ3n) is 16.1. The summed E-state index contributed by atoms with van der Waals surface area (Å²) in [6, 6.07) is 5.63. The molecule has 0 unspecified atom stereocenters. The van der Waals surface area contributed by atoms with E-state index in [-0.39, 0.29) is 118 Å². The molecule has 31 nitrogen and oxygen atoms in total. The smallest absolute Gasteiger partial charge is 0.481 e. The van der Waals surface area contributed by atoms with Gasteiger partial charge in [0.1, 0.15) is 46.9 Å². The van der Waals surface area contributed by atoms with Gasteiger partial charge in [0, 0.05) is 54.8 Å². The van der Waals surface area contributed by atoms with E-state index >= 15 is 0 Å². The summed E-state index contributed by atoms with van der Waals surface area (Å²) in [4.78, 5) is 97.3. The highest BCUT2D eigenvalue weighted by atomic mass is 32.3. The number of carbonyl (C=O) groups excluding carboxylic acids is 5. The molecule has 2 saturated heterocycles. The first kappa shape index (κ1) is 80.4. The maximum Gasteiger partial charge on any atom is 0.501 e. The Morgan fingerprint density at radius 2 is 1.62 bits per heavy atom. The van der Waals surface area contributed by atoms with Gasteiger partial charge >= 0.3 is 22.3 Å². The molecule has 2 aliphatic heterocycles. The Balaban J connectivity index is 1.33. The van der Waals surface area contributed by atoms with Crippen molar-refractivity contribution in [3.05, 3.63) is 80.1 Å². The normalized spacial score (nSPS) is 19.8. The average Bonchev–Trinajstić information content (AvgIpc) is 1.23. The Morgan fingerprint density at radius 3 is 2.25 bits per heavy atom. The second-order valence-electron chi connectivity index (χ2n) is 24.4. The van der Waals surface area contributed by atoms with Crippen LogP contribution in [-0.4, -0.2) is 219 Å².